The molecular weight excluding hydrogens is 468 g/mol. The number of benzene rings is 3. The number of nitrogens with zero attached hydrogens (tertiary/aromatic N) is 3. The lowest BCUT2D eigenvalue weighted by Gasteiger charge is -2.31. The highest BCUT2D eigenvalue weighted by Crippen LogP contribution is 2.46. The Balaban J connectivity index is 1.85. The van der Waals surface area contributed by atoms with Crippen LogP contribution in [0.5, 0.6) is 11.5 Å². The van der Waals surface area contributed by atoms with Crippen LogP contribution < -0.4 is 21.3 Å². The van der Waals surface area contributed by atoms with Crippen LogP contribution in [0.2, 0.25) is 0 Å². The molecule has 3 heterocycles. The Bertz CT molecular complexity index is 1840. The summed E-state index contributed by atoms with van der Waals surface area (Å²) in [7, 11) is 4.71. The molecule has 3 aromatic carbocycles. The Kier molecular flexibility index (Phi) is 5.01. The SMILES string of the molecule is COc1cc(C2Nc3ccccc3-n3c(-c4ccccc4C)c4c(=O)n(C)c(=O)n(C)c4c32)ccc1O. The highest BCUT2D eigenvalue weighted by Gasteiger charge is 2.35. The molecule has 1 aliphatic heterocycles. The third kappa shape index (κ3) is 3.15. The molecule has 0 aliphatic carbocycles. The Morgan fingerprint density at radius 3 is 2.43 bits per heavy atom. The third-order valence-corrected chi connectivity index (χ3v) is 7.26. The third-order valence-electron chi connectivity index (χ3n) is 7.26. The van der Waals surface area contributed by atoms with Gasteiger partial charge in [-0.25, -0.2) is 4.79 Å². The van der Waals surface area contributed by atoms with Crippen molar-refractivity contribution in [3.05, 3.63) is 104 Å². The molecule has 6 rings (SSSR count). The van der Waals surface area contributed by atoms with E-state index in [2.05, 4.69) is 9.88 Å². The van der Waals surface area contributed by atoms with Crippen molar-refractivity contribution in [1.82, 2.24) is 13.7 Å². The minimum Gasteiger partial charge on any atom is -0.504 e. The average molecular weight is 495 g/mol. The molecule has 1 atom stereocenters. The second-order valence-electron chi connectivity index (χ2n) is 9.34. The van der Waals surface area contributed by atoms with Crippen molar-refractivity contribution in [2.24, 2.45) is 14.1 Å². The van der Waals surface area contributed by atoms with E-state index in [4.69, 9.17) is 4.74 Å². The second kappa shape index (κ2) is 8.16. The number of aryl methyl sites for hydroxylation is 2. The Morgan fingerprint density at radius 1 is 0.946 bits per heavy atom. The molecule has 5 aromatic rings. The summed E-state index contributed by atoms with van der Waals surface area (Å²) in [6.07, 6.45) is 0. The molecule has 0 amide bonds. The van der Waals surface area contributed by atoms with Gasteiger partial charge < -0.3 is 19.7 Å². The van der Waals surface area contributed by atoms with Gasteiger partial charge in [-0.1, -0.05) is 42.5 Å². The van der Waals surface area contributed by atoms with Crippen LogP contribution in [0.15, 0.2) is 76.3 Å². The molecule has 186 valence electrons. The van der Waals surface area contributed by atoms with E-state index in [0.717, 1.165) is 44.0 Å². The number of phenols is 1. The second-order valence-corrected chi connectivity index (χ2v) is 9.34. The van der Waals surface area contributed by atoms with Crippen LogP contribution in [0, 0.1) is 6.92 Å². The van der Waals surface area contributed by atoms with Crippen LogP contribution in [0.1, 0.15) is 22.9 Å². The lowest BCUT2D eigenvalue weighted by molar-refractivity contribution is 0.373. The molecule has 8 nitrogen and oxygen atoms in total. The first-order valence-corrected chi connectivity index (χ1v) is 12.0. The first-order valence-electron chi connectivity index (χ1n) is 12.0. The molecule has 37 heavy (non-hydrogen) atoms. The van der Waals surface area contributed by atoms with E-state index in [-0.39, 0.29) is 11.3 Å². The number of hydrogen-bond donors (Lipinski definition) is 2. The van der Waals surface area contributed by atoms with E-state index in [1.807, 2.05) is 61.5 Å². The van der Waals surface area contributed by atoms with E-state index in [0.29, 0.717) is 16.7 Å². The summed E-state index contributed by atoms with van der Waals surface area (Å²) < 4.78 is 10.2. The van der Waals surface area contributed by atoms with Crippen molar-refractivity contribution in [3.8, 4) is 28.4 Å². The predicted molar refractivity (Wildman–Crippen MR) is 144 cm³/mol. The fraction of sp³-hybridized carbons (Fsp3) is 0.172. The number of aromatic hydroxyl groups is 1. The number of hydrogen-bond acceptors (Lipinski definition) is 5. The first-order chi connectivity index (χ1) is 17.8. The zero-order valence-corrected chi connectivity index (χ0v) is 20.9. The molecule has 1 aliphatic rings. The Morgan fingerprint density at radius 2 is 1.68 bits per heavy atom. The number of fused-ring (bicyclic) bond motifs is 5. The van der Waals surface area contributed by atoms with Gasteiger partial charge in [0, 0.05) is 19.7 Å². The van der Waals surface area contributed by atoms with E-state index in [1.54, 1.807) is 23.7 Å². The summed E-state index contributed by atoms with van der Waals surface area (Å²) in [6.45, 7) is 2.02. The molecule has 0 saturated heterocycles. The van der Waals surface area contributed by atoms with Crippen molar-refractivity contribution in [3.63, 3.8) is 0 Å². The quantitative estimate of drug-likeness (QED) is 0.392. The zero-order valence-electron chi connectivity index (χ0n) is 20.9. The van der Waals surface area contributed by atoms with Crippen LogP contribution in [0.3, 0.4) is 0 Å². The number of aromatic nitrogens is 3. The highest BCUT2D eigenvalue weighted by molar-refractivity contribution is 5.99. The van der Waals surface area contributed by atoms with E-state index in [1.165, 1.54) is 14.2 Å². The van der Waals surface area contributed by atoms with Gasteiger partial charge >= 0.3 is 5.69 Å². The molecular formula is C29H26N4O4. The standard InChI is InChI=1S/C29H26N4O4/c1-16-9-5-6-10-18(16)25-23-26(31(2)29(36)32(3)28(23)35)27-24(17-13-14-21(34)22(15-17)37-4)30-19-11-7-8-12-20(19)33(25)27/h5-15,24,30,34H,1-4H3. The summed E-state index contributed by atoms with van der Waals surface area (Å²) in [6, 6.07) is 20.6. The maximum atomic E-state index is 13.8. The summed E-state index contributed by atoms with van der Waals surface area (Å²) in [5.41, 5.74) is 5.81. The van der Waals surface area contributed by atoms with Crippen LogP contribution >= 0.6 is 0 Å². The van der Waals surface area contributed by atoms with Gasteiger partial charge in [0.05, 0.1) is 46.8 Å². The highest BCUT2D eigenvalue weighted by atomic mass is 16.5. The molecule has 2 aromatic heterocycles. The van der Waals surface area contributed by atoms with Gasteiger partial charge in [-0.3, -0.25) is 13.9 Å². The summed E-state index contributed by atoms with van der Waals surface area (Å²) >= 11 is 0. The summed E-state index contributed by atoms with van der Waals surface area (Å²) in [4.78, 5) is 27.0. The van der Waals surface area contributed by atoms with Gasteiger partial charge in [0.25, 0.3) is 5.56 Å². The largest absolute Gasteiger partial charge is 0.504 e. The minimum atomic E-state index is -0.442. The zero-order chi connectivity index (χ0) is 26.0. The minimum absolute atomic E-state index is 0.0320. The van der Waals surface area contributed by atoms with Crippen LogP contribution in [0.4, 0.5) is 5.69 Å². The number of rotatable bonds is 3. The molecule has 0 fully saturated rings. The van der Waals surface area contributed by atoms with Crippen LogP contribution in [-0.4, -0.2) is 25.9 Å². The average Bonchev–Trinajstić information content (AvgIpc) is 3.27. The van der Waals surface area contributed by atoms with Gasteiger partial charge in [0.1, 0.15) is 0 Å². The smallest absolute Gasteiger partial charge is 0.331 e. The van der Waals surface area contributed by atoms with Crippen molar-refractivity contribution in [1.29, 1.82) is 0 Å². The molecule has 0 bridgehead atoms. The molecule has 2 N–H and O–H groups in total. The number of ether oxygens (including phenoxy) is 1. The fourth-order valence-electron chi connectivity index (χ4n) is 5.43. The molecule has 1 unspecified atom stereocenters. The van der Waals surface area contributed by atoms with Gasteiger partial charge in [0.2, 0.25) is 0 Å². The first kappa shape index (κ1) is 22.7. The molecule has 0 radical (unpaired) electrons. The van der Waals surface area contributed by atoms with Gasteiger partial charge in [-0.15, -0.1) is 0 Å². The number of nitrogens with one attached hydrogen (secondary N) is 1. The summed E-state index contributed by atoms with van der Waals surface area (Å²) in [5, 5.41) is 14.3. The van der Waals surface area contributed by atoms with E-state index < -0.39 is 11.7 Å². The van der Waals surface area contributed by atoms with E-state index in [9.17, 15) is 14.7 Å². The number of para-hydroxylation sites is 2. The van der Waals surface area contributed by atoms with Crippen molar-refractivity contribution >= 4 is 16.6 Å². The van der Waals surface area contributed by atoms with Gasteiger partial charge in [-0.05, 0) is 42.3 Å². The summed E-state index contributed by atoms with van der Waals surface area (Å²) in [5.74, 6) is 0.370. The monoisotopic (exact) mass is 494 g/mol. The lowest BCUT2D eigenvalue weighted by atomic mass is 9.99. The number of methoxy groups -OCH3 is 1. The van der Waals surface area contributed by atoms with Crippen LogP contribution in [0.25, 0.3) is 27.8 Å². The van der Waals surface area contributed by atoms with Crippen molar-refractivity contribution in [2.75, 3.05) is 12.4 Å². The predicted octanol–water partition coefficient (Wildman–Crippen LogP) is 4.23. The van der Waals surface area contributed by atoms with Gasteiger partial charge in [0.15, 0.2) is 11.5 Å². The molecule has 8 heteroatoms. The van der Waals surface area contributed by atoms with Crippen molar-refractivity contribution in [2.45, 2.75) is 13.0 Å². The Hall–Kier alpha value is -4.72. The molecule has 0 spiro atoms. The van der Waals surface area contributed by atoms with Crippen LogP contribution in [-0.2, 0) is 14.1 Å². The maximum absolute atomic E-state index is 13.8. The van der Waals surface area contributed by atoms with Crippen molar-refractivity contribution < 1.29 is 9.84 Å². The maximum Gasteiger partial charge on any atom is 0.331 e. The van der Waals surface area contributed by atoms with E-state index >= 15 is 0 Å². The lowest BCUT2D eigenvalue weighted by Crippen LogP contribution is -2.37. The normalized spacial score (nSPS) is 14.2. The molecule has 0 saturated carbocycles. The topological polar surface area (TPSA) is 90.4 Å². The fourth-order valence-corrected chi connectivity index (χ4v) is 5.43. The number of anilines is 1. The number of phenolic OH excluding ortho intramolecular Hbond substituents is 1. The van der Waals surface area contributed by atoms with Gasteiger partial charge in [-0.2, -0.15) is 0 Å². The Labute approximate surface area is 212 Å².